The standard InChI is InChI=1S/C6H9NO/c1-5-6(2)8-4-7(5)3/h1-2,4H2,3H3. The van der Waals surface area contributed by atoms with Gasteiger partial charge in [-0.25, -0.2) is 0 Å². The van der Waals surface area contributed by atoms with Gasteiger partial charge in [-0.2, -0.15) is 0 Å². The Morgan fingerprint density at radius 3 is 2.38 bits per heavy atom. The minimum Gasteiger partial charge on any atom is -0.472 e. The Balaban J connectivity index is 2.71. The van der Waals surface area contributed by atoms with Crippen molar-refractivity contribution in [2.45, 2.75) is 0 Å². The van der Waals surface area contributed by atoms with Crippen LogP contribution in [0.25, 0.3) is 0 Å². The number of hydrogen-bond acceptors (Lipinski definition) is 2. The molecule has 0 unspecified atom stereocenters. The third kappa shape index (κ3) is 0.579. The summed E-state index contributed by atoms with van der Waals surface area (Å²) in [5, 5.41) is 0. The van der Waals surface area contributed by atoms with E-state index in [1.165, 1.54) is 0 Å². The average Bonchev–Trinajstić information content (AvgIpc) is 1.98. The molecule has 0 atom stereocenters. The molecule has 1 aliphatic heterocycles. The summed E-state index contributed by atoms with van der Waals surface area (Å²) in [5.41, 5.74) is 0.880. The van der Waals surface area contributed by atoms with Gasteiger partial charge in [0, 0.05) is 7.05 Å². The Morgan fingerprint density at radius 1 is 1.62 bits per heavy atom. The van der Waals surface area contributed by atoms with Crippen molar-refractivity contribution < 1.29 is 4.74 Å². The van der Waals surface area contributed by atoms with Crippen LogP contribution in [0.3, 0.4) is 0 Å². The first-order chi connectivity index (χ1) is 3.72. The van der Waals surface area contributed by atoms with Crippen molar-refractivity contribution in [1.82, 2.24) is 4.90 Å². The molecule has 1 rings (SSSR count). The zero-order valence-electron chi connectivity index (χ0n) is 4.98. The van der Waals surface area contributed by atoms with E-state index in [0.29, 0.717) is 12.5 Å². The summed E-state index contributed by atoms with van der Waals surface area (Å²) in [4.78, 5) is 1.91. The predicted octanol–water partition coefficient (Wildman–Crippen LogP) is 0.933. The van der Waals surface area contributed by atoms with Gasteiger partial charge in [0.1, 0.15) is 5.76 Å². The van der Waals surface area contributed by atoms with Crippen LogP contribution in [0.15, 0.2) is 24.6 Å². The van der Waals surface area contributed by atoms with Crippen LogP contribution in [0.5, 0.6) is 0 Å². The van der Waals surface area contributed by atoms with Gasteiger partial charge in [0.05, 0.1) is 5.70 Å². The predicted molar refractivity (Wildman–Crippen MR) is 32.0 cm³/mol. The fourth-order valence-corrected chi connectivity index (χ4v) is 0.549. The molecule has 0 aromatic carbocycles. The first kappa shape index (κ1) is 5.22. The van der Waals surface area contributed by atoms with Crippen LogP contribution in [0.1, 0.15) is 0 Å². The SMILES string of the molecule is C=C1OCN(C)C1=C. The van der Waals surface area contributed by atoms with E-state index in [1.807, 2.05) is 11.9 Å². The second-order valence-electron chi connectivity index (χ2n) is 1.84. The van der Waals surface area contributed by atoms with Gasteiger partial charge in [0.25, 0.3) is 0 Å². The van der Waals surface area contributed by atoms with E-state index in [4.69, 9.17) is 4.74 Å². The molecule has 0 saturated carbocycles. The van der Waals surface area contributed by atoms with Gasteiger partial charge in [0.2, 0.25) is 0 Å². The lowest BCUT2D eigenvalue weighted by molar-refractivity contribution is 0.193. The van der Waals surface area contributed by atoms with Gasteiger partial charge < -0.3 is 9.64 Å². The van der Waals surface area contributed by atoms with Crippen molar-refractivity contribution in [2.24, 2.45) is 0 Å². The van der Waals surface area contributed by atoms with Gasteiger partial charge in [-0.15, -0.1) is 0 Å². The molecule has 44 valence electrons. The van der Waals surface area contributed by atoms with Crippen LogP contribution in [-0.2, 0) is 4.74 Å². The van der Waals surface area contributed by atoms with Crippen LogP contribution >= 0.6 is 0 Å². The first-order valence-corrected chi connectivity index (χ1v) is 2.44. The Kier molecular flexibility index (Phi) is 1.01. The highest BCUT2D eigenvalue weighted by atomic mass is 16.5. The lowest BCUT2D eigenvalue weighted by Gasteiger charge is -2.04. The smallest absolute Gasteiger partial charge is 0.161 e. The normalized spacial score (nSPS) is 19.4. The Morgan fingerprint density at radius 2 is 2.25 bits per heavy atom. The second-order valence-corrected chi connectivity index (χ2v) is 1.84. The molecule has 0 bridgehead atoms. The summed E-state index contributed by atoms with van der Waals surface area (Å²) in [7, 11) is 1.92. The molecule has 2 nitrogen and oxygen atoms in total. The zero-order chi connectivity index (χ0) is 6.15. The van der Waals surface area contributed by atoms with Gasteiger partial charge in [-0.05, 0) is 0 Å². The molecule has 0 aromatic heterocycles. The molecule has 1 fully saturated rings. The van der Waals surface area contributed by atoms with Crippen molar-refractivity contribution in [3.63, 3.8) is 0 Å². The van der Waals surface area contributed by atoms with Crippen LogP contribution in [-0.4, -0.2) is 18.7 Å². The fraction of sp³-hybridized carbons (Fsp3) is 0.333. The van der Waals surface area contributed by atoms with Crippen molar-refractivity contribution in [1.29, 1.82) is 0 Å². The molecule has 1 saturated heterocycles. The summed E-state index contributed by atoms with van der Waals surface area (Å²) in [6.45, 7) is 7.93. The number of likely N-dealkylation sites (N-methyl/N-ethyl adjacent to an activating group) is 1. The zero-order valence-corrected chi connectivity index (χ0v) is 4.98. The quantitative estimate of drug-likeness (QED) is 0.461. The van der Waals surface area contributed by atoms with Gasteiger partial charge >= 0.3 is 0 Å². The van der Waals surface area contributed by atoms with Crippen LogP contribution in [0.2, 0.25) is 0 Å². The van der Waals surface area contributed by atoms with E-state index in [1.54, 1.807) is 0 Å². The van der Waals surface area contributed by atoms with Crippen LogP contribution < -0.4 is 0 Å². The third-order valence-electron chi connectivity index (χ3n) is 1.22. The van der Waals surface area contributed by atoms with Gasteiger partial charge in [0.15, 0.2) is 6.73 Å². The molecule has 0 radical (unpaired) electrons. The number of nitrogens with zero attached hydrogens (tertiary/aromatic N) is 1. The minimum absolute atomic E-state index is 0.595. The monoisotopic (exact) mass is 111 g/mol. The van der Waals surface area contributed by atoms with E-state index in [-0.39, 0.29) is 0 Å². The summed E-state index contributed by atoms with van der Waals surface area (Å²) >= 11 is 0. The molecule has 2 heteroatoms. The number of rotatable bonds is 0. The highest BCUT2D eigenvalue weighted by Gasteiger charge is 2.14. The highest BCUT2D eigenvalue weighted by molar-refractivity contribution is 5.20. The number of hydrogen-bond donors (Lipinski definition) is 0. The largest absolute Gasteiger partial charge is 0.472 e. The lowest BCUT2D eigenvalue weighted by Crippen LogP contribution is -2.09. The lowest BCUT2D eigenvalue weighted by atomic mass is 10.4. The minimum atomic E-state index is 0.595. The van der Waals surface area contributed by atoms with E-state index >= 15 is 0 Å². The van der Waals surface area contributed by atoms with Crippen LogP contribution in [0.4, 0.5) is 0 Å². The maximum absolute atomic E-state index is 5.01. The molecule has 8 heavy (non-hydrogen) atoms. The van der Waals surface area contributed by atoms with Crippen molar-refractivity contribution in [3.05, 3.63) is 24.6 Å². The van der Waals surface area contributed by atoms with Gasteiger partial charge in [-0.1, -0.05) is 13.2 Å². The second kappa shape index (κ2) is 1.54. The summed E-state index contributed by atoms with van der Waals surface area (Å²) in [6.07, 6.45) is 0. The average molecular weight is 111 g/mol. The molecular weight excluding hydrogens is 102 g/mol. The Bertz CT molecular complexity index is 139. The molecule has 0 aromatic rings. The first-order valence-electron chi connectivity index (χ1n) is 2.44. The van der Waals surface area contributed by atoms with Crippen molar-refractivity contribution in [2.75, 3.05) is 13.8 Å². The van der Waals surface area contributed by atoms with E-state index in [0.717, 1.165) is 5.70 Å². The van der Waals surface area contributed by atoms with E-state index in [9.17, 15) is 0 Å². The van der Waals surface area contributed by atoms with E-state index < -0.39 is 0 Å². The maximum atomic E-state index is 5.01. The summed E-state index contributed by atoms with van der Waals surface area (Å²) in [5.74, 6) is 0.688. The Hall–Kier alpha value is -0.920. The topological polar surface area (TPSA) is 12.5 Å². The molecule has 0 N–H and O–H groups in total. The van der Waals surface area contributed by atoms with E-state index in [2.05, 4.69) is 13.2 Å². The molecule has 0 amide bonds. The number of ether oxygens (including phenoxy) is 1. The maximum Gasteiger partial charge on any atom is 0.161 e. The van der Waals surface area contributed by atoms with Crippen LogP contribution in [0, 0.1) is 0 Å². The van der Waals surface area contributed by atoms with Gasteiger partial charge in [-0.3, -0.25) is 0 Å². The molecule has 0 aliphatic carbocycles. The Labute approximate surface area is 49.1 Å². The van der Waals surface area contributed by atoms with Crippen molar-refractivity contribution in [3.8, 4) is 0 Å². The third-order valence-corrected chi connectivity index (χ3v) is 1.22. The molecule has 1 heterocycles. The fourth-order valence-electron chi connectivity index (χ4n) is 0.549. The highest BCUT2D eigenvalue weighted by Crippen LogP contribution is 2.17. The molecule has 0 spiro atoms. The summed E-state index contributed by atoms with van der Waals surface area (Å²) < 4.78 is 5.01. The molecule has 1 aliphatic rings. The molecular formula is C6H9NO. The van der Waals surface area contributed by atoms with Crippen molar-refractivity contribution >= 4 is 0 Å². The summed E-state index contributed by atoms with van der Waals surface area (Å²) in [6, 6.07) is 0.